The summed E-state index contributed by atoms with van der Waals surface area (Å²) in [6.45, 7) is 2.13. The second-order valence-corrected chi connectivity index (χ2v) is 7.89. The molecule has 2 fully saturated rings. The van der Waals surface area contributed by atoms with Crippen LogP contribution in [0.25, 0.3) is 17.5 Å². The van der Waals surface area contributed by atoms with Crippen molar-refractivity contribution < 1.29 is 17.7 Å². The lowest BCUT2D eigenvalue weighted by atomic mass is 10.1. The molecular formula is C17H20F2N8O2S. The van der Waals surface area contributed by atoms with E-state index < -0.39 is 23.3 Å². The Labute approximate surface area is 173 Å². The fraction of sp³-hybridized carbons (Fsp3) is 0.412. The van der Waals surface area contributed by atoms with Crippen LogP contribution in [0.1, 0.15) is 5.82 Å². The predicted molar refractivity (Wildman–Crippen MR) is 107 cm³/mol. The molecule has 0 aromatic carbocycles. The molecule has 2 aromatic rings. The number of imidazole rings is 1. The van der Waals surface area contributed by atoms with E-state index in [2.05, 4.69) is 24.8 Å². The van der Waals surface area contributed by atoms with E-state index in [1.807, 2.05) is 0 Å². The third kappa shape index (κ3) is 4.28. The first-order chi connectivity index (χ1) is 14.4. The maximum Gasteiger partial charge on any atom is 0.279 e. The average molecular weight is 438 g/mol. The van der Waals surface area contributed by atoms with Gasteiger partial charge in [0.1, 0.15) is 18.0 Å². The minimum Gasteiger partial charge on any atom is -0.373 e. The molecule has 2 aliphatic heterocycles. The Kier molecular flexibility index (Phi) is 5.94. The number of hydrogen-bond acceptors (Lipinski definition) is 7. The Balaban J connectivity index is 1.53. The van der Waals surface area contributed by atoms with Crippen LogP contribution in [0.15, 0.2) is 24.7 Å². The third-order valence-corrected chi connectivity index (χ3v) is 5.80. The van der Waals surface area contributed by atoms with Crippen LogP contribution in [-0.4, -0.2) is 79.0 Å². The lowest BCUT2D eigenvalue weighted by Crippen LogP contribution is -2.51. The van der Waals surface area contributed by atoms with Crippen LogP contribution in [0.3, 0.4) is 0 Å². The van der Waals surface area contributed by atoms with E-state index in [-0.39, 0.29) is 12.1 Å². The lowest BCUT2D eigenvalue weighted by Gasteiger charge is -2.37. The molecule has 13 heteroatoms. The zero-order valence-electron chi connectivity index (χ0n) is 15.7. The molecule has 4 N–H and O–H groups in total. The second kappa shape index (κ2) is 8.63. The zero-order chi connectivity index (χ0) is 21.3. The summed E-state index contributed by atoms with van der Waals surface area (Å²) in [7, 11) is 0. The SMILES string of the molecule is N=C(/C=C\c1ncc(-c2cc(N3CCOC4CN(S(N)=O)CC43)ncn2)[nH]1)C(F)F. The number of alkyl halides is 2. The van der Waals surface area contributed by atoms with E-state index in [0.717, 1.165) is 6.08 Å². The molecule has 2 aromatic heterocycles. The Morgan fingerprint density at radius 3 is 3.00 bits per heavy atom. The van der Waals surface area contributed by atoms with E-state index in [1.165, 1.54) is 18.6 Å². The van der Waals surface area contributed by atoms with Crippen molar-refractivity contribution in [1.29, 1.82) is 5.41 Å². The number of allylic oxidation sites excluding steroid dienone is 1. The summed E-state index contributed by atoms with van der Waals surface area (Å²) in [5, 5.41) is 12.7. The van der Waals surface area contributed by atoms with Crippen LogP contribution >= 0.6 is 0 Å². The van der Waals surface area contributed by atoms with Crippen LogP contribution in [0, 0.1) is 5.41 Å². The predicted octanol–water partition coefficient (Wildman–Crippen LogP) is 0.592. The topological polar surface area (TPSA) is 137 Å². The molecule has 4 rings (SSSR count). The second-order valence-electron chi connectivity index (χ2n) is 6.83. The van der Waals surface area contributed by atoms with Crippen LogP contribution in [-0.2, 0) is 15.9 Å². The largest absolute Gasteiger partial charge is 0.373 e. The van der Waals surface area contributed by atoms with E-state index in [0.29, 0.717) is 49.3 Å². The molecule has 10 nitrogen and oxygen atoms in total. The van der Waals surface area contributed by atoms with Gasteiger partial charge in [0, 0.05) is 25.7 Å². The number of nitrogens with two attached hydrogens (primary N) is 1. The summed E-state index contributed by atoms with van der Waals surface area (Å²) >= 11 is -1.56. The molecular weight excluding hydrogens is 418 g/mol. The van der Waals surface area contributed by atoms with Gasteiger partial charge in [-0.05, 0) is 12.2 Å². The van der Waals surface area contributed by atoms with E-state index in [1.54, 1.807) is 10.4 Å². The number of H-pyrrole nitrogens is 1. The molecule has 0 radical (unpaired) electrons. The maximum absolute atomic E-state index is 12.4. The first-order valence-corrected chi connectivity index (χ1v) is 10.3. The number of aromatic nitrogens is 4. The number of ether oxygens (including phenoxy) is 1. The number of morpholine rings is 1. The van der Waals surface area contributed by atoms with Crippen LogP contribution in [0.2, 0.25) is 0 Å². The van der Waals surface area contributed by atoms with Gasteiger partial charge in [-0.25, -0.2) is 37.4 Å². The lowest BCUT2D eigenvalue weighted by molar-refractivity contribution is 0.0329. The first-order valence-electron chi connectivity index (χ1n) is 9.14. The van der Waals surface area contributed by atoms with Gasteiger partial charge in [-0.1, -0.05) is 0 Å². The Morgan fingerprint density at radius 2 is 2.23 bits per heavy atom. The monoisotopic (exact) mass is 438 g/mol. The summed E-state index contributed by atoms with van der Waals surface area (Å²) in [5.41, 5.74) is 0.377. The molecule has 3 atom stereocenters. The van der Waals surface area contributed by atoms with Crippen LogP contribution in [0.5, 0.6) is 0 Å². The molecule has 4 heterocycles. The number of rotatable bonds is 6. The third-order valence-electron chi connectivity index (χ3n) is 5.00. The van der Waals surface area contributed by atoms with Crippen molar-refractivity contribution in [3.63, 3.8) is 0 Å². The number of aromatic amines is 1. The summed E-state index contributed by atoms with van der Waals surface area (Å²) < 4.78 is 44.0. The summed E-state index contributed by atoms with van der Waals surface area (Å²) in [6.07, 6.45) is 2.34. The summed E-state index contributed by atoms with van der Waals surface area (Å²) in [4.78, 5) is 17.8. The highest BCUT2D eigenvalue weighted by atomic mass is 32.2. The van der Waals surface area contributed by atoms with Crippen molar-refractivity contribution in [3.05, 3.63) is 30.5 Å². The van der Waals surface area contributed by atoms with Crippen molar-refractivity contribution in [2.45, 2.75) is 18.6 Å². The van der Waals surface area contributed by atoms with Gasteiger partial charge >= 0.3 is 0 Å². The van der Waals surface area contributed by atoms with Gasteiger partial charge in [0.25, 0.3) is 6.43 Å². The standard InChI is InChI=1S/C17H20F2N8O2S/c18-17(19)10(20)1-2-15-22-6-12(25-15)11-5-16(24-9-23-11)27-3-4-29-14-8-26(30(21)28)7-13(14)27/h1-2,5-6,9,13-14,17,20H,3-4,7-8,21H2,(H,22,25)/b2-1-,20-10?. The number of halogens is 2. The number of nitrogens with one attached hydrogen (secondary N) is 2. The summed E-state index contributed by atoms with van der Waals surface area (Å²) in [6, 6.07) is 1.77. The van der Waals surface area contributed by atoms with Gasteiger partial charge < -0.3 is 14.6 Å². The van der Waals surface area contributed by atoms with Crippen LogP contribution < -0.4 is 10.0 Å². The minimum atomic E-state index is -2.83. The van der Waals surface area contributed by atoms with E-state index in [4.69, 9.17) is 15.3 Å². The molecule has 2 aliphatic rings. The molecule has 0 saturated carbocycles. The molecule has 3 unspecified atom stereocenters. The normalized spacial score (nSPS) is 23.3. The molecule has 0 bridgehead atoms. The van der Waals surface area contributed by atoms with Gasteiger partial charge in [0.15, 0.2) is 11.2 Å². The van der Waals surface area contributed by atoms with Gasteiger partial charge in [-0.3, -0.25) is 5.41 Å². The van der Waals surface area contributed by atoms with Crippen molar-refractivity contribution in [1.82, 2.24) is 24.2 Å². The van der Waals surface area contributed by atoms with Crippen molar-refractivity contribution >= 4 is 28.8 Å². The average Bonchev–Trinajstić information content (AvgIpc) is 3.39. The van der Waals surface area contributed by atoms with Gasteiger partial charge in [-0.15, -0.1) is 0 Å². The highest BCUT2D eigenvalue weighted by Crippen LogP contribution is 2.28. The van der Waals surface area contributed by atoms with Crippen molar-refractivity contribution in [2.24, 2.45) is 5.14 Å². The quantitative estimate of drug-likeness (QED) is 0.565. The summed E-state index contributed by atoms with van der Waals surface area (Å²) in [5.74, 6) is 1.02. The van der Waals surface area contributed by atoms with Gasteiger partial charge in [0.05, 0.1) is 42.0 Å². The van der Waals surface area contributed by atoms with E-state index >= 15 is 0 Å². The number of nitrogens with zero attached hydrogens (tertiary/aromatic N) is 5. The molecule has 2 saturated heterocycles. The smallest absolute Gasteiger partial charge is 0.279 e. The zero-order valence-corrected chi connectivity index (χ0v) is 16.6. The number of fused-ring (bicyclic) bond motifs is 1. The highest BCUT2D eigenvalue weighted by Gasteiger charge is 2.42. The maximum atomic E-state index is 12.4. The Bertz CT molecular complexity index is 984. The number of anilines is 1. The van der Waals surface area contributed by atoms with E-state index in [9.17, 15) is 13.0 Å². The Hall–Kier alpha value is -2.61. The Morgan fingerprint density at radius 1 is 1.40 bits per heavy atom. The fourth-order valence-corrected chi connectivity index (χ4v) is 4.12. The van der Waals surface area contributed by atoms with Crippen molar-refractivity contribution in [2.75, 3.05) is 31.1 Å². The first kappa shape index (κ1) is 20.7. The number of hydrogen-bond donors (Lipinski definition) is 3. The van der Waals surface area contributed by atoms with Gasteiger partial charge in [-0.2, -0.15) is 0 Å². The van der Waals surface area contributed by atoms with Crippen molar-refractivity contribution in [3.8, 4) is 11.4 Å². The molecule has 0 amide bonds. The fourth-order valence-electron chi connectivity index (χ4n) is 3.53. The van der Waals surface area contributed by atoms with Gasteiger partial charge in [0.2, 0.25) is 0 Å². The van der Waals surface area contributed by atoms with Crippen LogP contribution in [0.4, 0.5) is 14.6 Å². The molecule has 160 valence electrons. The molecule has 0 aliphatic carbocycles. The molecule has 0 spiro atoms. The molecule has 30 heavy (non-hydrogen) atoms. The minimum absolute atomic E-state index is 0.0328. The highest BCUT2D eigenvalue weighted by molar-refractivity contribution is 7.80.